The van der Waals surface area contributed by atoms with Crippen molar-refractivity contribution in [1.82, 2.24) is 20.3 Å². The summed E-state index contributed by atoms with van der Waals surface area (Å²) in [5.41, 5.74) is 2.15. The van der Waals surface area contributed by atoms with Crippen molar-refractivity contribution in [2.75, 3.05) is 20.0 Å². The van der Waals surface area contributed by atoms with E-state index in [-0.39, 0.29) is 17.7 Å². The molecule has 0 radical (unpaired) electrons. The van der Waals surface area contributed by atoms with Gasteiger partial charge < -0.3 is 19.8 Å². The minimum Gasteiger partial charge on any atom is -0.497 e. The number of hydrogen-bond acceptors (Lipinski definition) is 6. The van der Waals surface area contributed by atoms with Gasteiger partial charge >= 0.3 is 0 Å². The number of carbonyl (C=O) groups excluding carboxylic acids is 1. The van der Waals surface area contributed by atoms with Gasteiger partial charge in [0.15, 0.2) is 10.8 Å². The molecule has 1 atom stereocenters. The summed E-state index contributed by atoms with van der Waals surface area (Å²) >= 11 is 7.21. The second-order valence-corrected chi connectivity index (χ2v) is 7.15. The molecular formula is C18H19ClN4O3S. The van der Waals surface area contributed by atoms with Crippen molar-refractivity contribution < 1.29 is 14.3 Å². The van der Waals surface area contributed by atoms with E-state index in [1.54, 1.807) is 20.3 Å². The lowest BCUT2D eigenvalue weighted by atomic mass is 10.1. The molecule has 7 nitrogen and oxygen atoms in total. The molecule has 142 valence electrons. The summed E-state index contributed by atoms with van der Waals surface area (Å²) in [5, 5.41) is 4.10. The van der Waals surface area contributed by atoms with E-state index in [1.807, 2.05) is 25.1 Å². The summed E-state index contributed by atoms with van der Waals surface area (Å²) in [7, 11) is 3.19. The van der Waals surface area contributed by atoms with E-state index < -0.39 is 0 Å². The largest absolute Gasteiger partial charge is 0.497 e. The zero-order valence-electron chi connectivity index (χ0n) is 15.1. The zero-order chi connectivity index (χ0) is 19.4. The minimum atomic E-state index is -0.237. The molecule has 0 bridgehead atoms. The molecular weight excluding hydrogens is 388 g/mol. The van der Waals surface area contributed by atoms with E-state index in [1.165, 1.54) is 18.0 Å². The number of carbonyl (C=O) groups is 1. The summed E-state index contributed by atoms with van der Waals surface area (Å²) in [6.07, 6.45) is 1.54. The van der Waals surface area contributed by atoms with Gasteiger partial charge in [0.1, 0.15) is 11.5 Å². The number of nitrogens with one attached hydrogen (secondary N) is 2. The van der Waals surface area contributed by atoms with Gasteiger partial charge in [0.2, 0.25) is 5.91 Å². The molecule has 3 rings (SSSR count). The van der Waals surface area contributed by atoms with Crippen LogP contribution in [0, 0.1) is 0 Å². The molecule has 3 aromatic rings. The number of imidazole rings is 1. The van der Waals surface area contributed by atoms with E-state index >= 15 is 0 Å². The molecule has 0 unspecified atom stereocenters. The lowest BCUT2D eigenvalue weighted by Gasteiger charge is -2.18. The maximum atomic E-state index is 12.3. The molecule has 2 N–H and O–H groups in total. The highest BCUT2D eigenvalue weighted by Gasteiger charge is 2.16. The zero-order valence-corrected chi connectivity index (χ0v) is 16.6. The molecule has 0 aliphatic carbocycles. The van der Waals surface area contributed by atoms with Gasteiger partial charge in [-0.3, -0.25) is 4.79 Å². The lowest BCUT2D eigenvalue weighted by Crippen LogP contribution is -2.28. The number of fused-ring (bicyclic) bond motifs is 1. The number of nitrogens with zero attached hydrogens (tertiary/aromatic N) is 2. The van der Waals surface area contributed by atoms with E-state index in [2.05, 4.69) is 20.3 Å². The smallest absolute Gasteiger partial charge is 0.230 e. The molecule has 27 heavy (non-hydrogen) atoms. The maximum Gasteiger partial charge on any atom is 0.230 e. The number of rotatable bonds is 7. The van der Waals surface area contributed by atoms with Crippen LogP contribution in [0.15, 0.2) is 35.6 Å². The fourth-order valence-corrected chi connectivity index (χ4v) is 3.44. The Morgan fingerprint density at radius 3 is 2.89 bits per heavy atom. The van der Waals surface area contributed by atoms with Crippen molar-refractivity contribution in [2.45, 2.75) is 18.1 Å². The monoisotopic (exact) mass is 406 g/mol. The number of ether oxygens (including phenoxy) is 2. The van der Waals surface area contributed by atoms with Crippen LogP contribution in [0.3, 0.4) is 0 Å². The molecule has 0 aliphatic rings. The standard InChI is InChI=1S/C18H19ClN4O3S/c1-10(13-7-12(25-2)4-5-15(13)26-3)21-16(24)9-27-18-22-14-6-11(19)8-20-17(14)23-18/h4-8,10H,9H2,1-3H3,(H,21,24)(H,20,22,23)/t10-/m0/s1. The molecule has 1 amide bonds. The van der Waals surface area contributed by atoms with Crippen LogP contribution in [0.5, 0.6) is 11.5 Å². The second-order valence-electron chi connectivity index (χ2n) is 5.75. The van der Waals surface area contributed by atoms with Crippen molar-refractivity contribution >= 4 is 40.4 Å². The van der Waals surface area contributed by atoms with Gasteiger partial charge in [0, 0.05) is 11.8 Å². The Hall–Kier alpha value is -2.45. The van der Waals surface area contributed by atoms with Gasteiger partial charge in [-0.15, -0.1) is 0 Å². The van der Waals surface area contributed by atoms with Gasteiger partial charge in [-0.2, -0.15) is 0 Å². The normalized spacial score (nSPS) is 12.0. The number of aromatic nitrogens is 3. The fraction of sp³-hybridized carbons (Fsp3) is 0.278. The van der Waals surface area contributed by atoms with Crippen LogP contribution in [0.25, 0.3) is 11.2 Å². The van der Waals surface area contributed by atoms with Crippen LogP contribution in [0.1, 0.15) is 18.5 Å². The van der Waals surface area contributed by atoms with Gasteiger partial charge in [-0.25, -0.2) is 9.97 Å². The van der Waals surface area contributed by atoms with E-state index in [0.717, 1.165) is 11.1 Å². The average molecular weight is 407 g/mol. The Labute approximate surface area is 165 Å². The van der Waals surface area contributed by atoms with Crippen molar-refractivity contribution in [1.29, 1.82) is 0 Å². The summed E-state index contributed by atoms with van der Waals surface area (Å²) in [5.74, 6) is 1.49. The Kier molecular flexibility index (Phi) is 6.08. The second kappa shape index (κ2) is 8.49. The van der Waals surface area contributed by atoms with Gasteiger partial charge in [0.05, 0.1) is 36.6 Å². The molecule has 0 aliphatic heterocycles. The summed E-state index contributed by atoms with van der Waals surface area (Å²) in [4.78, 5) is 23.9. The molecule has 0 saturated heterocycles. The van der Waals surface area contributed by atoms with Crippen LogP contribution in [-0.2, 0) is 4.79 Å². The molecule has 0 fully saturated rings. The van der Waals surface area contributed by atoms with Gasteiger partial charge in [-0.1, -0.05) is 23.4 Å². The molecule has 0 spiro atoms. The number of thioether (sulfide) groups is 1. The minimum absolute atomic E-state index is 0.121. The third-order valence-electron chi connectivity index (χ3n) is 3.90. The lowest BCUT2D eigenvalue weighted by molar-refractivity contribution is -0.119. The van der Waals surface area contributed by atoms with Crippen LogP contribution in [-0.4, -0.2) is 40.8 Å². The van der Waals surface area contributed by atoms with Crippen LogP contribution in [0.2, 0.25) is 5.02 Å². The number of methoxy groups -OCH3 is 2. The summed E-state index contributed by atoms with van der Waals surface area (Å²) in [6, 6.07) is 7.00. The number of aromatic amines is 1. The summed E-state index contributed by atoms with van der Waals surface area (Å²) in [6.45, 7) is 1.90. The number of pyridine rings is 1. The number of hydrogen-bond donors (Lipinski definition) is 2. The maximum absolute atomic E-state index is 12.3. The Morgan fingerprint density at radius 2 is 2.15 bits per heavy atom. The number of H-pyrrole nitrogens is 1. The quantitative estimate of drug-likeness (QED) is 0.583. The van der Waals surface area contributed by atoms with Crippen LogP contribution in [0.4, 0.5) is 0 Å². The third-order valence-corrected chi connectivity index (χ3v) is 4.98. The van der Waals surface area contributed by atoms with Crippen molar-refractivity contribution in [2.24, 2.45) is 0 Å². The fourth-order valence-electron chi connectivity index (χ4n) is 2.59. The first-order valence-electron chi connectivity index (χ1n) is 8.15. The SMILES string of the molecule is COc1ccc(OC)c([C@H](C)NC(=O)CSc2nc3ncc(Cl)cc3[nH]2)c1. The first kappa shape index (κ1) is 19.3. The van der Waals surface area contributed by atoms with Crippen molar-refractivity contribution in [3.63, 3.8) is 0 Å². The van der Waals surface area contributed by atoms with E-state index in [4.69, 9.17) is 21.1 Å². The van der Waals surface area contributed by atoms with Crippen LogP contribution >= 0.6 is 23.4 Å². The Balaban J connectivity index is 1.63. The highest BCUT2D eigenvalue weighted by atomic mass is 35.5. The van der Waals surface area contributed by atoms with Gasteiger partial charge in [-0.05, 0) is 31.2 Å². The Bertz CT molecular complexity index is 963. The number of benzene rings is 1. The molecule has 9 heteroatoms. The number of halogens is 1. The predicted octanol–water partition coefficient (Wildman–Crippen LogP) is 3.60. The molecule has 2 heterocycles. The van der Waals surface area contributed by atoms with E-state index in [9.17, 15) is 4.79 Å². The molecule has 0 saturated carbocycles. The molecule has 2 aromatic heterocycles. The van der Waals surface area contributed by atoms with Crippen LogP contribution < -0.4 is 14.8 Å². The number of amides is 1. The Morgan fingerprint density at radius 1 is 1.33 bits per heavy atom. The predicted molar refractivity (Wildman–Crippen MR) is 106 cm³/mol. The topological polar surface area (TPSA) is 89.1 Å². The van der Waals surface area contributed by atoms with Gasteiger partial charge in [0.25, 0.3) is 0 Å². The van der Waals surface area contributed by atoms with Crippen molar-refractivity contribution in [3.05, 3.63) is 41.0 Å². The average Bonchev–Trinajstić information content (AvgIpc) is 3.07. The first-order valence-corrected chi connectivity index (χ1v) is 9.52. The highest BCUT2D eigenvalue weighted by Crippen LogP contribution is 2.29. The molecule has 1 aromatic carbocycles. The van der Waals surface area contributed by atoms with E-state index in [0.29, 0.717) is 27.3 Å². The summed E-state index contributed by atoms with van der Waals surface area (Å²) < 4.78 is 10.6. The highest BCUT2D eigenvalue weighted by molar-refractivity contribution is 7.99. The van der Waals surface area contributed by atoms with Crippen molar-refractivity contribution in [3.8, 4) is 11.5 Å². The third kappa shape index (κ3) is 4.64. The first-order chi connectivity index (χ1) is 13.0.